The van der Waals surface area contributed by atoms with Gasteiger partial charge in [-0.25, -0.2) is 0 Å². The van der Waals surface area contributed by atoms with Gasteiger partial charge in [0.15, 0.2) is 0 Å². The van der Waals surface area contributed by atoms with Crippen LogP contribution >= 0.6 is 0 Å². The molecule has 23 heavy (non-hydrogen) atoms. The smallest absolute Gasteiger partial charge is 0.416 e. The van der Waals surface area contributed by atoms with E-state index in [1.54, 1.807) is 0 Å². The maximum Gasteiger partial charge on any atom is 0.416 e. The fraction of sp³-hybridized carbons (Fsp3) is 0.312. The highest BCUT2D eigenvalue weighted by Gasteiger charge is 2.37. The normalized spacial score (nSPS) is 21.7. The highest BCUT2D eigenvalue weighted by molar-refractivity contribution is 5.94. The molecule has 2 heterocycles. The van der Waals surface area contributed by atoms with Gasteiger partial charge in [0.25, 0.3) is 5.91 Å². The number of rotatable bonds is 2. The van der Waals surface area contributed by atoms with Crippen molar-refractivity contribution in [2.24, 2.45) is 0 Å². The molecule has 1 saturated heterocycles. The van der Waals surface area contributed by atoms with Crippen LogP contribution in [0, 0.1) is 0 Å². The van der Waals surface area contributed by atoms with Crippen LogP contribution in [0.5, 0.6) is 0 Å². The van der Waals surface area contributed by atoms with Gasteiger partial charge in [-0.3, -0.25) is 4.79 Å². The lowest BCUT2D eigenvalue weighted by molar-refractivity contribution is -0.137. The van der Waals surface area contributed by atoms with Crippen molar-refractivity contribution in [1.29, 1.82) is 0 Å². The van der Waals surface area contributed by atoms with Crippen molar-refractivity contribution in [3.63, 3.8) is 0 Å². The lowest BCUT2D eigenvalue weighted by atomic mass is 10.0. The third-order valence-electron chi connectivity index (χ3n) is 3.91. The van der Waals surface area contributed by atoms with Gasteiger partial charge in [-0.15, -0.1) is 0 Å². The average molecular weight is 325 g/mol. The SMILES string of the molecule is O=C(c1ccoc1)N1C[C@@H](O)C[C@@H]1c1cccc(C(F)(F)F)c1. The minimum atomic E-state index is -4.45. The van der Waals surface area contributed by atoms with E-state index in [-0.39, 0.29) is 18.9 Å². The third kappa shape index (κ3) is 3.10. The predicted molar refractivity (Wildman–Crippen MR) is 74.6 cm³/mol. The summed E-state index contributed by atoms with van der Waals surface area (Å²) >= 11 is 0. The van der Waals surface area contributed by atoms with Crippen LogP contribution in [0.3, 0.4) is 0 Å². The first-order valence-corrected chi connectivity index (χ1v) is 7.04. The maximum absolute atomic E-state index is 12.9. The van der Waals surface area contributed by atoms with Crippen molar-refractivity contribution >= 4 is 5.91 Å². The highest BCUT2D eigenvalue weighted by atomic mass is 19.4. The second-order valence-electron chi connectivity index (χ2n) is 5.50. The molecule has 0 saturated carbocycles. The summed E-state index contributed by atoms with van der Waals surface area (Å²) in [6, 6.07) is 5.73. The fourth-order valence-electron chi connectivity index (χ4n) is 2.83. The number of alkyl halides is 3. The van der Waals surface area contributed by atoms with Gasteiger partial charge >= 0.3 is 6.18 Å². The largest absolute Gasteiger partial charge is 0.472 e. The van der Waals surface area contributed by atoms with E-state index in [1.807, 2.05) is 0 Å². The van der Waals surface area contributed by atoms with Gasteiger partial charge in [-0.2, -0.15) is 13.2 Å². The van der Waals surface area contributed by atoms with Gasteiger partial charge in [0.2, 0.25) is 0 Å². The Morgan fingerprint density at radius 3 is 2.74 bits per heavy atom. The molecule has 1 aliphatic rings. The minimum Gasteiger partial charge on any atom is -0.472 e. The quantitative estimate of drug-likeness (QED) is 0.922. The molecule has 0 bridgehead atoms. The number of halogens is 3. The zero-order chi connectivity index (χ0) is 16.6. The molecule has 1 aliphatic heterocycles. The second kappa shape index (κ2) is 5.73. The Bertz CT molecular complexity index is 697. The summed E-state index contributed by atoms with van der Waals surface area (Å²) in [5.41, 5.74) is -0.114. The molecule has 122 valence electrons. The van der Waals surface area contributed by atoms with Crippen molar-refractivity contribution in [2.75, 3.05) is 6.54 Å². The topological polar surface area (TPSA) is 53.7 Å². The van der Waals surface area contributed by atoms with E-state index < -0.39 is 23.9 Å². The van der Waals surface area contributed by atoms with Crippen LogP contribution in [0.4, 0.5) is 13.2 Å². The molecule has 7 heteroatoms. The number of furan rings is 1. The van der Waals surface area contributed by atoms with Gasteiger partial charge in [0, 0.05) is 6.54 Å². The van der Waals surface area contributed by atoms with Gasteiger partial charge < -0.3 is 14.4 Å². The lowest BCUT2D eigenvalue weighted by Crippen LogP contribution is -2.31. The zero-order valence-electron chi connectivity index (χ0n) is 12.0. The molecule has 1 N–H and O–H groups in total. The second-order valence-corrected chi connectivity index (χ2v) is 5.50. The number of likely N-dealkylation sites (tertiary alicyclic amines) is 1. The molecule has 4 nitrogen and oxygen atoms in total. The zero-order valence-corrected chi connectivity index (χ0v) is 12.0. The molecule has 1 amide bonds. The molecule has 2 atom stereocenters. The van der Waals surface area contributed by atoms with Crippen molar-refractivity contribution in [3.05, 3.63) is 59.5 Å². The predicted octanol–water partition coefficient (Wildman–Crippen LogP) is 3.25. The van der Waals surface area contributed by atoms with E-state index in [0.717, 1.165) is 12.1 Å². The number of hydrogen-bond acceptors (Lipinski definition) is 3. The molecule has 2 aromatic rings. The summed E-state index contributed by atoms with van der Waals surface area (Å²) in [4.78, 5) is 13.8. The number of carbonyl (C=O) groups is 1. The highest BCUT2D eigenvalue weighted by Crippen LogP contribution is 2.36. The van der Waals surface area contributed by atoms with Gasteiger partial charge in [0.1, 0.15) is 6.26 Å². The summed E-state index contributed by atoms with van der Waals surface area (Å²) in [5.74, 6) is -0.377. The Labute approximate surface area is 130 Å². The number of aliphatic hydroxyl groups excluding tert-OH is 1. The van der Waals surface area contributed by atoms with Crippen LogP contribution in [-0.4, -0.2) is 28.6 Å². The van der Waals surface area contributed by atoms with Gasteiger partial charge in [-0.1, -0.05) is 12.1 Å². The first-order valence-electron chi connectivity index (χ1n) is 7.04. The van der Waals surface area contributed by atoms with Crippen LogP contribution in [0.15, 0.2) is 47.3 Å². The molecular formula is C16H14F3NO3. The number of carbonyl (C=O) groups excluding carboxylic acids is 1. The number of benzene rings is 1. The van der Waals surface area contributed by atoms with E-state index in [2.05, 4.69) is 0 Å². The first kappa shape index (κ1) is 15.6. The standard InChI is InChI=1S/C16H14F3NO3/c17-16(18,19)12-3-1-2-10(6-12)14-7-13(21)8-20(14)15(22)11-4-5-23-9-11/h1-6,9,13-14,21H,7-8H2/t13-,14+/m0/s1. The molecule has 3 rings (SSSR count). The van der Waals surface area contributed by atoms with Crippen molar-refractivity contribution in [3.8, 4) is 0 Å². The Kier molecular flexibility index (Phi) is 3.89. The minimum absolute atomic E-state index is 0.0743. The molecule has 0 unspecified atom stereocenters. The Balaban J connectivity index is 1.92. The monoisotopic (exact) mass is 325 g/mol. The maximum atomic E-state index is 12.9. The van der Waals surface area contributed by atoms with Crippen LogP contribution < -0.4 is 0 Å². The Morgan fingerprint density at radius 2 is 2.09 bits per heavy atom. The fourth-order valence-corrected chi connectivity index (χ4v) is 2.83. The summed E-state index contributed by atoms with van der Waals surface area (Å²) < 4.78 is 43.5. The summed E-state index contributed by atoms with van der Waals surface area (Å²) in [5, 5.41) is 9.87. The number of β-amino-alcohol motifs (C(OH)–C–C–N with tert-alkyl or cyclic N) is 1. The van der Waals surface area contributed by atoms with E-state index in [1.165, 1.54) is 35.6 Å². The Morgan fingerprint density at radius 1 is 1.30 bits per heavy atom. The number of aliphatic hydroxyl groups is 1. The third-order valence-corrected chi connectivity index (χ3v) is 3.91. The van der Waals surface area contributed by atoms with E-state index in [9.17, 15) is 23.1 Å². The summed E-state index contributed by atoms with van der Waals surface area (Å²) in [7, 11) is 0. The van der Waals surface area contributed by atoms with Crippen LogP contribution in [0.25, 0.3) is 0 Å². The van der Waals surface area contributed by atoms with E-state index in [4.69, 9.17) is 4.42 Å². The molecule has 0 aliphatic carbocycles. The van der Waals surface area contributed by atoms with Crippen LogP contribution in [0.1, 0.15) is 33.9 Å². The number of amides is 1. The molecule has 1 aromatic heterocycles. The molecule has 1 fully saturated rings. The van der Waals surface area contributed by atoms with E-state index >= 15 is 0 Å². The molecular weight excluding hydrogens is 311 g/mol. The van der Waals surface area contributed by atoms with Gasteiger partial charge in [0.05, 0.1) is 29.5 Å². The molecule has 0 radical (unpaired) electrons. The average Bonchev–Trinajstić information content (AvgIpc) is 3.15. The van der Waals surface area contributed by atoms with Crippen LogP contribution in [0.2, 0.25) is 0 Å². The number of nitrogens with zero attached hydrogens (tertiary/aromatic N) is 1. The van der Waals surface area contributed by atoms with E-state index in [0.29, 0.717) is 11.1 Å². The van der Waals surface area contributed by atoms with Crippen molar-refractivity contribution in [2.45, 2.75) is 24.7 Å². The van der Waals surface area contributed by atoms with Crippen molar-refractivity contribution < 1.29 is 27.5 Å². The first-order chi connectivity index (χ1) is 10.9. The summed E-state index contributed by atoms with van der Waals surface area (Å²) in [6.45, 7) is 0.0743. The lowest BCUT2D eigenvalue weighted by Gasteiger charge is -2.24. The number of hydrogen-bond donors (Lipinski definition) is 1. The van der Waals surface area contributed by atoms with Gasteiger partial charge in [-0.05, 0) is 30.2 Å². The molecule has 1 aromatic carbocycles. The van der Waals surface area contributed by atoms with Crippen molar-refractivity contribution in [1.82, 2.24) is 4.90 Å². The summed E-state index contributed by atoms with van der Waals surface area (Å²) in [6.07, 6.45) is -2.40. The van der Waals surface area contributed by atoms with Crippen LogP contribution in [-0.2, 0) is 6.18 Å². The molecule has 0 spiro atoms. The Hall–Kier alpha value is -2.28.